The number of rotatable bonds is 1. The quantitative estimate of drug-likeness (QED) is 0.419. The molecular formula is C5H7NY-2. The van der Waals surface area contributed by atoms with Crippen LogP contribution in [0.25, 0.3) is 5.41 Å². The molecule has 37 valence electrons. The van der Waals surface area contributed by atoms with Gasteiger partial charge < -0.3 is 11.1 Å². The topological polar surface area (TPSA) is 22.3 Å². The molecule has 0 saturated heterocycles. The fourth-order valence-corrected chi connectivity index (χ4v) is 0.209. The normalized spacial score (nSPS) is 8.29. The van der Waals surface area contributed by atoms with Crippen molar-refractivity contribution < 1.29 is 32.7 Å². The van der Waals surface area contributed by atoms with E-state index in [1.807, 2.05) is 0 Å². The van der Waals surface area contributed by atoms with E-state index < -0.39 is 0 Å². The van der Waals surface area contributed by atoms with E-state index in [4.69, 9.17) is 5.41 Å². The molecule has 0 rings (SSSR count). The number of allylic oxidation sites excluding steroid dienone is 2. The van der Waals surface area contributed by atoms with Gasteiger partial charge in [-0.25, -0.2) is 0 Å². The van der Waals surface area contributed by atoms with Gasteiger partial charge in [0.15, 0.2) is 0 Å². The standard InChI is InChI=1S/C5H7N.Y/c1-3-4-5(2)6;/h4H,1-2H3;/q-2;. The summed E-state index contributed by atoms with van der Waals surface area (Å²) in [7, 11) is 0. The second kappa shape index (κ2) is 6.51. The first kappa shape index (κ1) is 10.5. The third-order valence-corrected chi connectivity index (χ3v) is 0.353. The van der Waals surface area contributed by atoms with Crippen molar-refractivity contribution in [2.45, 2.75) is 13.8 Å². The first-order valence-corrected chi connectivity index (χ1v) is 1.80. The Hall–Kier alpha value is 0.514. The van der Waals surface area contributed by atoms with Crippen LogP contribution in [-0.4, -0.2) is 5.71 Å². The van der Waals surface area contributed by atoms with Crippen molar-refractivity contribution in [2.24, 2.45) is 0 Å². The molecule has 7 heavy (non-hydrogen) atoms. The summed E-state index contributed by atoms with van der Waals surface area (Å²) in [5.74, 6) is 0. The Bertz CT molecular complexity index is 76.1. The molecule has 0 amide bonds. The maximum atomic E-state index is 8.35. The van der Waals surface area contributed by atoms with Crippen LogP contribution >= 0.6 is 0 Å². The summed E-state index contributed by atoms with van der Waals surface area (Å²) in [5.41, 5.74) is 0.303. The van der Waals surface area contributed by atoms with Gasteiger partial charge in [-0.3, -0.25) is 12.2 Å². The predicted molar refractivity (Wildman–Crippen MR) is 27.5 cm³/mol. The van der Waals surface area contributed by atoms with E-state index in [1.54, 1.807) is 13.8 Å². The number of hydrogen-bond donors (Lipinski definition) is 0. The zero-order chi connectivity index (χ0) is 4.99. The summed E-state index contributed by atoms with van der Waals surface area (Å²) in [6, 6.07) is 0. The molecule has 0 unspecified atom stereocenters. The zero-order valence-corrected chi connectivity index (χ0v) is 7.44. The average molecular weight is 170 g/mol. The average Bonchev–Trinajstić information content (AvgIpc) is 1.35. The van der Waals surface area contributed by atoms with Crippen LogP contribution in [0.4, 0.5) is 0 Å². The van der Waals surface area contributed by atoms with Crippen LogP contribution in [-0.2, 0) is 32.7 Å². The molecule has 0 spiro atoms. The van der Waals surface area contributed by atoms with Crippen LogP contribution in [0.1, 0.15) is 13.8 Å². The Morgan fingerprint density at radius 1 is 1.71 bits per heavy atom. The number of nitrogens with zero attached hydrogens (tertiary/aromatic N) is 1. The predicted octanol–water partition coefficient (Wildman–Crippen LogP) is 1.39. The molecule has 0 aliphatic heterocycles. The van der Waals surface area contributed by atoms with Crippen molar-refractivity contribution in [1.29, 1.82) is 0 Å². The van der Waals surface area contributed by atoms with Crippen molar-refractivity contribution in [3.05, 3.63) is 17.6 Å². The molecule has 1 nitrogen and oxygen atoms in total. The monoisotopic (exact) mass is 170 g/mol. The second-order valence-corrected chi connectivity index (χ2v) is 1.07. The molecule has 0 fully saturated rings. The van der Waals surface area contributed by atoms with E-state index in [0.717, 1.165) is 0 Å². The Morgan fingerprint density at radius 3 is 2.14 bits per heavy atom. The molecule has 0 atom stereocenters. The summed E-state index contributed by atoms with van der Waals surface area (Å²) < 4.78 is 0. The van der Waals surface area contributed by atoms with E-state index >= 15 is 0 Å². The van der Waals surface area contributed by atoms with Crippen LogP contribution in [0, 0.1) is 6.08 Å². The Morgan fingerprint density at radius 2 is 2.14 bits per heavy atom. The molecule has 0 saturated carbocycles. The third kappa shape index (κ3) is 10.7. The van der Waals surface area contributed by atoms with Gasteiger partial charge in [-0.2, -0.15) is 0 Å². The summed E-state index contributed by atoms with van der Waals surface area (Å²) in [4.78, 5) is 0. The van der Waals surface area contributed by atoms with Gasteiger partial charge in [0.2, 0.25) is 0 Å². The Kier molecular flexibility index (Phi) is 9.76. The van der Waals surface area contributed by atoms with Gasteiger partial charge in [-0.05, 0) is 0 Å². The largest absolute Gasteiger partial charge is 0.908 e. The van der Waals surface area contributed by atoms with Gasteiger partial charge >= 0.3 is 0 Å². The van der Waals surface area contributed by atoms with Crippen molar-refractivity contribution in [1.82, 2.24) is 0 Å². The van der Waals surface area contributed by atoms with E-state index in [-0.39, 0.29) is 32.7 Å². The fraction of sp³-hybridized carbons (Fsp3) is 0.400. The Labute approximate surface area is 69.6 Å². The first-order valence-electron chi connectivity index (χ1n) is 1.80. The van der Waals surface area contributed by atoms with Gasteiger partial charge in [-0.1, -0.05) is 0 Å². The Balaban J connectivity index is 0. The third-order valence-electron chi connectivity index (χ3n) is 0.353. The maximum absolute atomic E-state index is 8.35. The van der Waals surface area contributed by atoms with Crippen LogP contribution < -0.4 is 0 Å². The minimum absolute atomic E-state index is 0. The van der Waals surface area contributed by atoms with Crippen molar-refractivity contribution in [3.8, 4) is 0 Å². The molecule has 0 aliphatic carbocycles. The van der Waals surface area contributed by atoms with Crippen molar-refractivity contribution in [2.75, 3.05) is 0 Å². The van der Waals surface area contributed by atoms with E-state index in [0.29, 0.717) is 5.71 Å². The summed E-state index contributed by atoms with van der Waals surface area (Å²) in [5, 5.41) is 8.35. The number of hydrogen-bond acceptors (Lipinski definition) is 0. The minimum Gasteiger partial charge on any atom is -0.908 e. The summed E-state index contributed by atoms with van der Waals surface area (Å²) >= 11 is 0. The zero-order valence-electron chi connectivity index (χ0n) is 4.60. The summed E-state index contributed by atoms with van der Waals surface area (Å²) in [6.45, 7) is 3.34. The molecule has 1 radical (unpaired) electrons. The van der Waals surface area contributed by atoms with E-state index in [1.165, 1.54) is 6.08 Å². The van der Waals surface area contributed by atoms with Crippen LogP contribution in [0.5, 0.6) is 0 Å². The molecular weight excluding hydrogens is 163 g/mol. The SMILES string of the molecule is C[C-]=CC(C)=[N-].[Y]. The van der Waals surface area contributed by atoms with E-state index in [2.05, 4.69) is 6.08 Å². The summed E-state index contributed by atoms with van der Waals surface area (Å²) in [6.07, 6.45) is 4.17. The molecule has 0 heterocycles. The molecule has 0 aromatic rings. The van der Waals surface area contributed by atoms with Gasteiger partial charge in [0.25, 0.3) is 0 Å². The molecule has 0 bridgehead atoms. The van der Waals surface area contributed by atoms with Gasteiger partial charge in [0.05, 0.1) is 0 Å². The minimum atomic E-state index is 0. The van der Waals surface area contributed by atoms with Crippen LogP contribution in [0.15, 0.2) is 6.08 Å². The fourth-order valence-electron chi connectivity index (χ4n) is 0.209. The first-order chi connectivity index (χ1) is 2.77. The van der Waals surface area contributed by atoms with Crippen LogP contribution in [0.2, 0.25) is 0 Å². The molecule has 0 N–H and O–H groups in total. The van der Waals surface area contributed by atoms with Gasteiger partial charge in [-0.15, -0.1) is 13.8 Å². The molecule has 0 aliphatic rings. The van der Waals surface area contributed by atoms with Crippen molar-refractivity contribution in [3.63, 3.8) is 0 Å². The van der Waals surface area contributed by atoms with Crippen molar-refractivity contribution >= 4 is 5.71 Å². The molecule has 0 aromatic carbocycles. The second-order valence-electron chi connectivity index (χ2n) is 1.07. The van der Waals surface area contributed by atoms with E-state index in [9.17, 15) is 0 Å². The van der Waals surface area contributed by atoms with Gasteiger partial charge in [0.1, 0.15) is 0 Å². The molecule has 0 aromatic heterocycles. The van der Waals surface area contributed by atoms with Crippen LogP contribution in [0.3, 0.4) is 0 Å². The molecule has 2 heteroatoms. The maximum Gasteiger partial charge on any atom is 0 e. The smallest absolute Gasteiger partial charge is 0 e. The van der Waals surface area contributed by atoms with Gasteiger partial charge in [0, 0.05) is 32.7 Å².